The lowest BCUT2D eigenvalue weighted by Gasteiger charge is -2.25. The second kappa shape index (κ2) is 8.76. The van der Waals surface area contributed by atoms with Crippen LogP contribution in [0.25, 0.3) is 0 Å². The molecule has 1 saturated carbocycles. The zero-order valence-electron chi connectivity index (χ0n) is 17.6. The van der Waals surface area contributed by atoms with Gasteiger partial charge in [-0.3, -0.25) is 4.79 Å². The van der Waals surface area contributed by atoms with Crippen LogP contribution in [0.1, 0.15) is 35.7 Å². The van der Waals surface area contributed by atoms with Gasteiger partial charge < -0.3 is 19.1 Å². The molecule has 4 rings (SSSR count). The Kier molecular flexibility index (Phi) is 6.06. The highest BCUT2D eigenvalue weighted by atomic mass is 32.2. The normalized spacial score (nSPS) is 15.4. The minimum absolute atomic E-state index is 0.0300. The third-order valence-electron chi connectivity index (χ3n) is 5.28. The van der Waals surface area contributed by atoms with Crippen LogP contribution < -0.4 is 18.9 Å². The maximum atomic E-state index is 13.3. The first kappa shape index (κ1) is 21.5. The van der Waals surface area contributed by atoms with Crippen LogP contribution >= 0.6 is 0 Å². The standard InChI is InChI=1S/C22H26N2O6S/c1-3-24(14-16-5-4-6-19-21(16)30-12-11-29-19)22(25)15-7-10-18(28-2)20(13-15)31(26,27)23-17-8-9-17/h4-7,10,13,17,23H,3,8-9,11-12,14H2,1-2H3. The number of fused-ring (bicyclic) bond motifs is 1. The number of ether oxygens (including phenoxy) is 3. The number of nitrogens with one attached hydrogen (secondary N) is 1. The average molecular weight is 447 g/mol. The van der Waals surface area contributed by atoms with E-state index >= 15 is 0 Å². The smallest absolute Gasteiger partial charge is 0.254 e. The van der Waals surface area contributed by atoms with Crippen molar-refractivity contribution in [2.24, 2.45) is 0 Å². The second-order valence-corrected chi connectivity index (χ2v) is 9.20. The van der Waals surface area contributed by atoms with Gasteiger partial charge in [0.15, 0.2) is 11.5 Å². The van der Waals surface area contributed by atoms with E-state index in [1.165, 1.54) is 19.2 Å². The predicted octanol–water partition coefficient (Wildman–Crippen LogP) is 2.57. The Morgan fingerprint density at radius 2 is 1.97 bits per heavy atom. The number of nitrogens with zero attached hydrogens (tertiary/aromatic N) is 1. The highest BCUT2D eigenvalue weighted by Gasteiger charge is 2.31. The molecule has 1 aliphatic carbocycles. The van der Waals surface area contributed by atoms with E-state index in [0.717, 1.165) is 18.4 Å². The van der Waals surface area contributed by atoms with Crippen molar-refractivity contribution in [1.82, 2.24) is 9.62 Å². The van der Waals surface area contributed by atoms with Crippen LogP contribution in [0.3, 0.4) is 0 Å². The largest absolute Gasteiger partial charge is 0.495 e. The molecule has 9 heteroatoms. The van der Waals surface area contributed by atoms with Crippen molar-refractivity contribution in [3.63, 3.8) is 0 Å². The summed E-state index contributed by atoms with van der Waals surface area (Å²) in [6.07, 6.45) is 1.63. The Morgan fingerprint density at radius 1 is 1.19 bits per heavy atom. The summed E-state index contributed by atoms with van der Waals surface area (Å²) >= 11 is 0. The summed E-state index contributed by atoms with van der Waals surface area (Å²) in [7, 11) is -2.37. The Hall–Kier alpha value is -2.78. The number of benzene rings is 2. The summed E-state index contributed by atoms with van der Waals surface area (Å²) in [4.78, 5) is 14.9. The molecule has 8 nitrogen and oxygen atoms in total. The molecule has 1 heterocycles. The topological polar surface area (TPSA) is 94.2 Å². The Balaban J connectivity index is 1.61. The summed E-state index contributed by atoms with van der Waals surface area (Å²) in [6.45, 7) is 3.58. The molecule has 0 aromatic heterocycles. The zero-order chi connectivity index (χ0) is 22.0. The number of hydrogen-bond donors (Lipinski definition) is 1. The van der Waals surface area contributed by atoms with Gasteiger partial charge in [0.2, 0.25) is 10.0 Å². The van der Waals surface area contributed by atoms with Crippen LogP contribution in [0.2, 0.25) is 0 Å². The van der Waals surface area contributed by atoms with Gasteiger partial charge in [0, 0.05) is 30.3 Å². The van der Waals surface area contributed by atoms with Gasteiger partial charge in [0.1, 0.15) is 23.9 Å². The maximum Gasteiger partial charge on any atom is 0.254 e. The molecular formula is C22H26N2O6S. The molecule has 31 heavy (non-hydrogen) atoms. The van der Waals surface area contributed by atoms with Gasteiger partial charge in [-0.2, -0.15) is 0 Å². The van der Waals surface area contributed by atoms with Gasteiger partial charge in [-0.1, -0.05) is 12.1 Å². The number of carbonyl (C=O) groups excluding carboxylic acids is 1. The minimum atomic E-state index is -3.78. The average Bonchev–Trinajstić information content (AvgIpc) is 3.60. The Labute approximate surface area is 182 Å². The fourth-order valence-electron chi connectivity index (χ4n) is 3.48. The van der Waals surface area contributed by atoms with Crippen molar-refractivity contribution >= 4 is 15.9 Å². The lowest BCUT2D eigenvalue weighted by atomic mass is 10.1. The first-order valence-electron chi connectivity index (χ1n) is 10.3. The van der Waals surface area contributed by atoms with E-state index in [-0.39, 0.29) is 28.2 Å². The van der Waals surface area contributed by atoms with Crippen molar-refractivity contribution in [3.8, 4) is 17.2 Å². The highest BCUT2D eigenvalue weighted by Crippen LogP contribution is 2.35. The summed E-state index contributed by atoms with van der Waals surface area (Å²) in [5.41, 5.74) is 1.12. The van der Waals surface area contributed by atoms with Crippen LogP contribution in [0.15, 0.2) is 41.3 Å². The monoisotopic (exact) mass is 446 g/mol. The number of rotatable bonds is 8. The molecule has 0 saturated heterocycles. The number of carbonyl (C=O) groups is 1. The third kappa shape index (κ3) is 4.62. The van der Waals surface area contributed by atoms with Crippen LogP contribution in [0, 0.1) is 0 Å². The molecule has 1 N–H and O–H groups in total. The molecule has 0 bridgehead atoms. The van der Waals surface area contributed by atoms with Gasteiger partial charge in [0.05, 0.1) is 7.11 Å². The number of sulfonamides is 1. The van der Waals surface area contributed by atoms with E-state index in [4.69, 9.17) is 14.2 Å². The molecule has 1 fully saturated rings. The first-order chi connectivity index (χ1) is 14.9. The van der Waals surface area contributed by atoms with Gasteiger partial charge in [-0.05, 0) is 44.0 Å². The van der Waals surface area contributed by atoms with Crippen molar-refractivity contribution in [3.05, 3.63) is 47.5 Å². The third-order valence-corrected chi connectivity index (χ3v) is 6.82. The minimum Gasteiger partial charge on any atom is -0.495 e. The number of amides is 1. The summed E-state index contributed by atoms with van der Waals surface area (Å²) < 4.78 is 44.8. The lowest BCUT2D eigenvalue weighted by Crippen LogP contribution is -2.31. The van der Waals surface area contributed by atoms with Gasteiger partial charge >= 0.3 is 0 Å². The summed E-state index contributed by atoms with van der Waals surface area (Å²) in [5, 5.41) is 0. The molecule has 0 radical (unpaired) electrons. The summed E-state index contributed by atoms with van der Waals surface area (Å²) in [5.74, 6) is 1.24. The fraction of sp³-hybridized carbons (Fsp3) is 0.409. The van der Waals surface area contributed by atoms with Gasteiger partial charge in [-0.25, -0.2) is 13.1 Å². The Morgan fingerprint density at radius 3 is 2.68 bits per heavy atom. The molecule has 0 spiro atoms. The quantitative estimate of drug-likeness (QED) is 0.670. The summed E-state index contributed by atoms with van der Waals surface area (Å²) in [6, 6.07) is 10.0. The predicted molar refractivity (Wildman–Crippen MR) is 114 cm³/mol. The van der Waals surface area contributed by atoms with Crippen LogP contribution in [0.5, 0.6) is 17.2 Å². The van der Waals surface area contributed by atoms with Crippen LogP contribution in [0.4, 0.5) is 0 Å². The van der Waals surface area contributed by atoms with Crippen molar-refractivity contribution in [2.45, 2.75) is 37.2 Å². The molecule has 0 unspecified atom stereocenters. The van der Waals surface area contributed by atoms with E-state index in [1.807, 2.05) is 25.1 Å². The van der Waals surface area contributed by atoms with E-state index in [0.29, 0.717) is 37.8 Å². The van der Waals surface area contributed by atoms with Crippen LogP contribution in [-0.4, -0.2) is 52.1 Å². The SMILES string of the molecule is CCN(Cc1cccc2c1OCCO2)C(=O)c1ccc(OC)c(S(=O)(=O)NC2CC2)c1. The van der Waals surface area contributed by atoms with Crippen molar-refractivity contribution in [1.29, 1.82) is 0 Å². The number of para-hydroxylation sites is 1. The molecule has 166 valence electrons. The zero-order valence-corrected chi connectivity index (χ0v) is 18.4. The van der Waals surface area contributed by atoms with Crippen molar-refractivity contribution < 1.29 is 27.4 Å². The van der Waals surface area contributed by atoms with E-state index in [1.54, 1.807) is 11.0 Å². The molecule has 0 atom stereocenters. The van der Waals surface area contributed by atoms with E-state index in [9.17, 15) is 13.2 Å². The fourth-order valence-corrected chi connectivity index (χ4v) is 4.98. The lowest BCUT2D eigenvalue weighted by molar-refractivity contribution is 0.0749. The van der Waals surface area contributed by atoms with Gasteiger partial charge in [-0.15, -0.1) is 0 Å². The molecule has 2 aromatic rings. The molecule has 2 aliphatic rings. The molecule has 1 amide bonds. The van der Waals surface area contributed by atoms with Crippen LogP contribution in [-0.2, 0) is 16.6 Å². The number of hydrogen-bond acceptors (Lipinski definition) is 6. The number of methoxy groups -OCH3 is 1. The second-order valence-electron chi connectivity index (χ2n) is 7.52. The highest BCUT2D eigenvalue weighted by molar-refractivity contribution is 7.89. The van der Waals surface area contributed by atoms with Crippen molar-refractivity contribution in [2.75, 3.05) is 26.9 Å². The Bertz CT molecular complexity index is 1080. The molecule has 1 aliphatic heterocycles. The van der Waals surface area contributed by atoms with Gasteiger partial charge in [0.25, 0.3) is 5.91 Å². The molecule has 2 aromatic carbocycles. The maximum absolute atomic E-state index is 13.3. The molecular weight excluding hydrogens is 420 g/mol. The van der Waals surface area contributed by atoms with E-state index in [2.05, 4.69) is 4.72 Å². The first-order valence-corrected chi connectivity index (χ1v) is 11.8. The van der Waals surface area contributed by atoms with E-state index < -0.39 is 10.0 Å².